The molecular formula is C24H22O3. The third-order valence-corrected chi connectivity index (χ3v) is 4.64. The molecule has 1 fully saturated rings. The number of terminal acetylenes is 2. The van der Waals surface area contributed by atoms with Crippen molar-refractivity contribution in [2.75, 3.05) is 7.11 Å². The lowest BCUT2D eigenvalue weighted by molar-refractivity contribution is -0.306. The molecule has 3 nitrogen and oxygen atoms in total. The van der Waals surface area contributed by atoms with Gasteiger partial charge in [0.1, 0.15) is 0 Å². The highest BCUT2D eigenvalue weighted by molar-refractivity contribution is 5.49. The van der Waals surface area contributed by atoms with Crippen LogP contribution >= 0.6 is 0 Å². The van der Waals surface area contributed by atoms with Gasteiger partial charge in [0.25, 0.3) is 0 Å². The molecule has 1 N–H and O–H groups in total. The zero-order valence-electron chi connectivity index (χ0n) is 16.3. The minimum absolute atomic E-state index is 0.410. The molecule has 1 heterocycles. The van der Waals surface area contributed by atoms with Gasteiger partial charge in [0, 0.05) is 18.1 Å². The monoisotopic (exact) mass is 358 g/mol. The summed E-state index contributed by atoms with van der Waals surface area (Å²) in [6.45, 7) is 10.3. The van der Waals surface area contributed by atoms with Gasteiger partial charge in [-0.15, -0.1) is 18.8 Å². The Labute approximate surface area is 162 Å². The molecule has 1 aliphatic rings. The van der Waals surface area contributed by atoms with Crippen molar-refractivity contribution in [2.45, 2.75) is 45.2 Å². The fraction of sp³-hybridized carbons (Fsp3) is 0.417. The summed E-state index contributed by atoms with van der Waals surface area (Å²) in [5.74, 6) is 15.6. The van der Waals surface area contributed by atoms with Crippen LogP contribution in [0.15, 0.2) is 35.1 Å². The van der Waals surface area contributed by atoms with E-state index in [2.05, 4.69) is 65.0 Å². The van der Waals surface area contributed by atoms with E-state index in [0.717, 1.165) is 0 Å². The first kappa shape index (κ1) is 22.0. The third kappa shape index (κ3) is 3.47. The maximum atomic E-state index is 10.7. The first-order valence-corrected chi connectivity index (χ1v) is 8.15. The fourth-order valence-electron chi connectivity index (χ4n) is 3.23. The molecule has 0 aromatic carbocycles. The highest BCUT2D eigenvalue weighted by atomic mass is 16.6. The van der Waals surface area contributed by atoms with Crippen molar-refractivity contribution in [1.29, 1.82) is 0 Å². The van der Waals surface area contributed by atoms with E-state index in [0.29, 0.717) is 5.57 Å². The van der Waals surface area contributed by atoms with Crippen LogP contribution in [0.1, 0.15) is 27.7 Å². The highest BCUT2D eigenvalue weighted by Gasteiger charge is 2.67. The summed E-state index contributed by atoms with van der Waals surface area (Å²) >= 11 is 0. The summed E-state index contributed by atoms with van der Waals surface area (Å²) in [5, 5.41) is 10.7. The number of ether oxygens (including phenoxy) is 2. The van der Waals surface area contributed by atoms with Crippen molar-refractivity contribution in [3.63, 3.8) is 0 Å². The van der Waals surface area contributed by atoms with Crippen molar-refractivity contribution in [3.8, 4) is 48.4 Å². The van der Waals surface area contributed by atoms with E-state index in [1.807, 2.05) is 0 Å². The molecule has 0 aromatic rings. The van der Waals surface area contributed by atoms with Gasteiger partial charge in [0.2, 0.25) is 5.60 Å². The lowest BCUT2D eigenvalue weighted by Gasteiger charge is -2.56. The van der Waals surface area contributed by atoms with Gasteiger partial charge in [0.15, 0.2) is 11.9 Å². The van der Waals surface area contributed by atoms with Gasteiger partial charge >= 0.3 is 0 Å². The first-order chi connectivity index (χ1) is 12.7. The van der Waals surface area contributed by atoms with Crippen LogP contribution in [0.2, 0.25) is 0 Å². The SMILES string of the molecule is C#CC#CC1(C(C)=C=C=C=C=C)O[C@@H](O)C(C)(C)C(C#C)C1(C#CC)OC. The molecule has 0 spiro atoms. The Bertz CT molecular complexity index is 969. The molecule has 0 amide bonds. The summed E-state index contributed by atoms with van der Waals surface area (Å²) in [5.41, 5.74) is 7.06. The van der Waals surface area contributed by atoms with Crippen LogP contribution in [-0.4, -0.2) is 29.7 Å². The minimum Gasteiger partial charge on any atom is -0.367 e. The summed E-state index contributed by atoms with van der Waals surface area (Å²) < 4.78 is 11.9. The van der Waals surface area contributed by atoms with Gasteiger partial charge in [-0.2, -0.15) is 0 Å². The lowest BCUT2D eigenvalue weighted by atomic mass is 9.59. The molecule has 0 aliphatic carbocycles. The Morgan fingerprint density at radius 3 is 2.37 bits per heavy atom. The zero-order chi connectivity index (χ0) is 20.7. The molecule has 0 radical (unpaired) electrons. The first-order valence-electron chi connectivity index (χ1n) is 8.15. The Kier molecular flexibility index (Phi) is 6.99. The van der Waals surface area contributed by atoms with Crippen molar-refractivity contribution < 1.29 is 14.6 Å². The van der Waals surface area contributed by atoms with Gasteiger partial charge in [-0.25, -0.2) is 0 Å². The van der Waals surface area contributed by atoms with Gasteiger partial charge in [-0.3, -0.25) is 0 Å². The Morgan fingerprint density at radius 2 is 1.89 bits per heavy atom. The standard InChI is InChI=1S/C24H22O3/c1-9-13-15-16-19(5)23(18-14-10-2)24(26-8,17-11-3)20(12-4)22(6,7)21(25)27-23/h2,4,20-21,25H,1H2,3,5-8H3/t20?,21-,23?,24?/m1/s1. The van der Waals surface area contributed by atoms with E-state index < -0.39 is 28.8 Å². The predicted octanol–water partition coefficient (Wildman–Crippen LogP) is 2.59. The predicted molar refractivity (Wildman–Crippen MR) is 105 cm³/mol. The Hall–Kier alpha value is -3.02. The average molecular weight is 358 g/mol. The largest absolute Gasteiger partial charge is 0.367 e. The van der Waals surface area contributed by atoms with Gasteiger partial charge in [-0.1, -0.05) is 37.2 Å². The zero-order valence-corrected chi connectivity index (χ0v) is 16.3. The Morgan fingerprint density at radius 1 is 1.22 bits per heavy atom. The summed E-state index contributed by atoms with van der Waals surface area (Å²) in [7, 11) is 1.47. The van der Waals surface area contributed by atoms with Crippen LogP contribution in [0.5, 0.6) is 0 Å². The molecule has 1 rings (SSSR count). The maximum absolute atomic E-state index is 10.7. The maximum Gasteiger partial charge on any atom is 0.203 e. The van der Waals surface area contributed by atoms with Crippen LogP contribution in [0.3, 0.4) is 0 Å². The molecule has 4 atom stereocenters. The number of aliphatic hydroxyl groups excluding tert-OH is 1. The number of hydrogen-bond acceptors (Lipinski definition) is 3. The second-order valence-corrected chi connectivity index (χ2v) is 6.46. The van der Waals surface area contributed by atoms with Crippen molar-refractivity contribution in [1.82, 2.24) is 0 Å². The van der Waals surface area contributed by atoms with Crippen LogP contribution < -0.4 is 0 Å². The quantitative estimate of drug-likeness (QED) is 0.609. The molecule has 0 aromatic heterocycles. The summed E-state index contributed by atoms with van der Waals surface area (Å²) in [6, 6.07) is 0. The van der Waals surface area contributed by atoms with Crippen LogP contribution in [-0.2, 0) is 9.47 Å². The summed E-state index contributed by atoms with van der Waals surface area (Å²) in [4.78, 5) is 0. The summed E-state index contributed by atoms with van der Waals surface area (Å²) in [6.07, 6.45) is 9.96. The van der Waals surface area contributed by atoms with Crippen molar-refractivity contribution >= 4 is 0 Å². The second kappa shape index (κ2) is 8.58. The molecule has 0 saturated carbocycles. The molecule has 1 saturated heterocycles. The molecule has 1 aliphatic heterocycles. The van der Waals surface area contributed by atoms with Gasteiger partial charge in [-0.05, 0) is 49.7 Å². The van der Waals surface area contributed by atoms with Crippen LogP contribution in [0.25, 0.3) is 0 Å². The van der Waals surface area contributed by atoms with E-state index in [-0.39, 0.29) is 0 Å². The van der Waals surface area contributed by atoms with Gasteiger partial charge in [0.05, 0.1) is 5.92 Å². The van der Waals surface area contributed by atoms with E-state index in [9.17, 15) is 5.11 Å². The number of hydrogen-bond donors (Lipinski definition) is 1. The Balaban J connectivity index is 4.20. The molecule has 3 unspecified atom stereocenters. The van der Waals surface area contributed by atoms with Crippen molar-refractivity contribution in [3.05, 3.63) is 35.1 Å². The lowest BCUT2D eigenvalue weighted by Crippen LogP contribution is -2.70. The topological polar surface area (TPSA) is 38.7 Å². The molecule has 3 heteroatoms. The fourth-order valence-corrected chi connectivity index (χ4v) is 3.23. The van der Waals surface area contributed by atoms with Gasteiger partial charge < -0.3 is 14.6 Å². The third-order valence-electron chi connectivity index (χ3n) is 4.64. The van der Waals surface area contributed by atoms with Crippen molar-refractivity contribution in [2.24, 2.45) is 11.3 Å². The average Bonchev–Trinajstić information content (AvgIpc) is 2.63. The number of methoxy groups -OCH3 is 1. The van der Waals surface area contributed by atoms with E-state index in [1.165, 1.54) is 7.11 Å². The van der Waals surface area contributed by atoms with Crippen LogP contribution in [0, 0.1) is 59.7 Å². The highest BCUT2D eigenvalue weighted by Crippen LogP contribution is 2.53. The number of aliphatic hydroxyl groups is 1. The molecule has 27 heavy (non-hydrogen) atoms. The van der Waals surface area contributed by atoms with E-state index in [4.69, 9.17) is 22.3 Å². The molecule has 0 bridgehead atoms. The van der Waals surface area contributed by atoms with E-state index >= 15 is 0 Å². The minimum atomic E-state index is -1.58. The van der Waals surface area contributed by atoms with E-state index in [1.54, 1.807) is 27.7 Å². The second-order valence-electron chi connectivity index (χ2n) is 6.46. The smallest absolute Gasteiger partial charge is 0.203 e. The number of rotatable bonds is 2. The molecular weight excluding hydrogens is 336 g/mol. The molecule has 136 valence electrons. The normalized spacial score (nSPS) is 30.1. The van der Waals surface area contributed by atoms with Crippen LogP contribution in [0.4, 0.5) is 0 Å².